The van der Waals surface area contributed by atoms with E-state index in [9.17, 15) is 9.59 Å². The zero-order chi connectivity index (χ0) is 16.0. The van der Waals surface area contributed by atoms with Crippen LogP contribution in [0.3, 0.4) is 0 Å². The lowest BCUT2D eigenvalue weighted by Crippen LogP contribution is -2.36. The Kier molecular flexibility index (Phi) is 6.57. The van der Waals surface area contributed by atoms with Gasteiger partial charge in [-0.2, -0.15) is 0 Å². The monoisotopic (exact) mass is 283 g/mol. The fourth-order valence-electron chi connectivity index (χ4n) is 1.04. The summed E-state index contributed by atoms with van der Waals surface area (Å²) in [6, 6.07) is 0. The molecule has 0 aromatic heterocycles. The minimum atomic E-state index is -0.650. The second kappa shape index (κ2) is 7.18. The first kappa shape index (κ1) is 18.3. The Balaban J connectivity index is 4.12. The molecule has 5 nitrogen and oxygen atoms in total. The van der Waals surface area contributed by atoms with E-state index in [1.165, 1.54) is 0 Å². The smallest absolute Gasteiger partial charge is 0.408 e. The molecule has 1 amide bonds. The van der Waals surface area contributed by atoms with Crippen molar-refractivity contribution in [3.8, 4) is 11.8 Å². The van der Waals surface area contributed by atoms with Gasteiger partial charge in [0.25, 0.3) is 0 Å². The maximum Gasteiger partial charge on any atom is 0.408 e. The quantitative estimate of drug-likeness (QED) is 0.638. The van der Waals surface area contributed by atoms with Crippen LogP contribution in [0.5, 0.6) is 0 Å². The summed E-state index contributed by atoms with van der Waals surface area (Å²) in [5.74, 6) is 5.28. The van der Waals surface area contributed by atoms with E-state index < -0.39 is 23.8 Å². The molecule has 0 saturated carbocycles. The van der Waals surface area contributed by atoms with Crippen molar-refractivity contribution in [2.75, 3.05) is 6.54 Å². The van der Waals surface area contributed by atoms with Gasteiger partial charge in [0.05, 0.1) is 0 Å². The highest BCUT2D eigenvalue weighted by Gasteiger charge is 2.17. The molecule has 0 aliphatic heterocycles. The van der Waals surface area contributed by atoms with Crippen LogP contribution in [0.4, 0.5) is 4.79 Å². The van der Waals surface area contributed by atoms with Gasteiger partial charge in [0.1, 0.15) is 12.1 Å². The highest BCUT2D eigenvalue weighted by atomic mass is 16.6. The van der Waals surface area contributed by atoms with Gasteiger partial charge < -0.3 is 14.8 Å². The summed E-state index contributed by atoms with van der Waals surface area (Å²) in [7, 11) is 0. The maximum atomic E-state index is 11.5. The largest absolute Gasteiger partial charge is 0.448 e. The summed E-state index contributed by atoms with van der Waals surface area (Å²) in [6.07, 6.45) is -1.16. The Labute approximate surface area is 121 Å². The van der Waals surface area contributed by atoms with E-state index >= 15 is 0 Å². The van der Waals surface area contributed by atoms with Crippen molar-refractivity contribution in [3.05, 3.63) is 0 Å². The Bertz CT molecular complexity index is 404. The molecule has 5 heteroatoms. The summed E-state index contributed by atoms with van der Waals surface area (Å²) in [4.78, 5) is 22.8. The van der Waals surface area contributed by atoms with E-state index in [-0.39, 0.29) is 12.0 Å². The first-order valence-electron chi connectivity index (χ1n) is 6.58. The molecular formula is C15H25NO4. The molecule has 1 atom stereocenters. The maximum absolute atomic E-state index is 11.5. The zero-order valence-electron chi connectivity index (χ0n) is 13.4. The molecule has 0 bridgehead atoms. The molecular weight excluding hydrogens is 258 g/mol. The third kappa shape index (κ3) is 11.4. The number of hydrogen-bond donors (Lipinski definition) is 1. The van der Waals surface area contributed by atoms with Crippen molar-refractivity contribution in [3.63, 3.8) is 0 Å². The summed E-state index contributed by atoms with van der Waals surface area (Å²) < 4.78 is 10.0. The highest BCUT2D eigenvalue weighted by molar-refractivity contribution is 5.78. The Morgan fingerprint density at radius 2 is 1.70 bits per heavy atom. The van der Waals surface area contributed by atoms with Gasteiger partial charge in [0, 0.05) is 5.41 Å². The number of rotatable bonds is 3. The number of nitrogens with one attached hydrogen (secondary N) is 1. The molecule has 0 aliphatic rings. The molecule has 0 fully saturated rings. The summed E-state index contributed by atoms with van der Waals surface area (Å²) in [5.41, 5.74) is -0.741. The molecule has 20 heavy (non-hydrogen) atoms. The highest BCUT2D eigenvalue weighted by Crippen LogP contribution is 2.10. The Morgan fingerprint density at radius 1 is 1.15 bits per heavy atom. The van der Waals surface area contributed by atoms with E-state index in [0.29, 0.717) is 0 Å². The number of alkyl carbamates (subject to hydrolysis) is 1. The number of carbonyl (C=O) groups excluding carboxylic acids is 2. The molecule has 0 heterocycles. The number of hydrogen-bond acceptors (Lipinski definition) is 4. The SMILES string of the molecule is CC(C#CC(C)(C)C)OC(=O)CNC(=O)OC(C)(C)C. The summed E-state index contributed by atoms with van der Waals surface area (Å²) in [6.45, 7) is 12.6. The van der Waals surface area contributed by atoms with Crippen LogP contribution < -0.4 is 5.32 Å². The van der Waals surface area contributed by atoms with Crippen molar-refractivity contribution in [2.45, 2.75) is 60.2 Å². The number of carbonyl (C=O) groups is 2. The molecule has 0 spiro atoms. The lowest BCUT2D eigenvalue weighted by Gasteiger charge is -2.19. The topological polar surface area (TPSA) is 64.6 Å². The van der Waals surface area contributed by atoms with Crippen LogP contribution in [0.15, 0.2) is 0 Å². The van der Waals surface area contributed by atoms with Crippen LogP contribution in [0.1, 0.15) is 48.5 Å². The van der Waals surface area contributed by atoms with Crippen molar-refractivity contribution in [2.24, 2.45) is 5.41 Å². The van der Waals surface area contributed by atoms with Crippen molar-refractivity contribution in [1.29, 1.82) is 0 Å². The molecule has 0 saturated heterocycles. The van der Waals surface area contributed by atoms with Gasteiger partial charge in [-0.25, -0.2) is 4.79 Å². The standard InChI is InChI=1S/C15H25NO4/c1-11(8-9-14(2,3)4)19-12(17)10-16-13(18)20-15(5,6)7/h11H,10H2,1-7H3,(H,16,18). The fraction of sp³-hybridized carbons (Fsp3) is 0.733. The molecule has 0 aromatic carbocycles. The van der Waals surface area contributed by atoms with Crippen LogP contribution in [-0.2, 0) is 14.3 Å². The van der Waals surface area contributed by atoms with E-state index in [1.54, 1.807) is 27.7 Å². The average Bonchev–Trinajstić information content (AvgIpc) is 2.20. The number of amides is 1. The minimum absolute atomic E-state index is 0.143. The fourth-order valence-corrected chi connectivity index (χ4v) is 1.04. The lowest BCUT2D eigenvalue weighted by molar-refractivity contribution is -0.144. The van der Waals surface area contributed by atoms with Crippen LogP contribution in [0.25, 0.3) is 0 Å². The first-order chi connectivity index (χ1) is 8.89. The second-order valence-electron chi connectivity index (χ2n) is 6.51. The van der Waals surface area contributed by atoms with E-state index in [4.69, 9.17) is 9.47 Å². The third-order valence-electron chi connectivity index (χ3n) is 1.73. The first-order valence-corrected chi connectivity index (χ1v) is 6.58. The molecule has 0 aromatic rings. The average molecular weight is 283 g/mol. The van der Waals surface area contributed by atoms with Crippen molar-refractivity contribution >= 4 is 12.1 Å². The van der Waals surface area contributed by atoms with Crippen molar-refractivity contribution < 1.29 is 19.1 Å². The van der Waals surface area contributed by atoms with Gasteiger partial charge in [0.2, 0.25) is 0 Å². The second-order valence-corrected chi connectivity index (χ2v) is 6.51. The van der Waals surface area contributed by atoms with Crippen LogP contribution in [-0.4, -0.2) is 30.3 Å². The van der Waals surface area contributed by atoms with Gasteiger partial charge in [0.15, 0.2) is 6.10 Å². The van der Waals surface area contributed by atoms with Gasteiger partial charge in [-0.3, -0.25) is 4.79 Å². The molecule has 1 N–H and O–H groups in total. The van der Waals surface area contributed by atoms with Crippen LogP contribution in [0.2, 0.25) is 0 Å². The van der Waals surface area contributed by atoms with Crippen LogP contribution in [0, 0.1) is 17.3 Å². The van der Waals surface area contributed by atoms with E-state index in [2.05, 4.69) is 17.2 Å². The summed E-state index contributed by atoms with van der Waals surface area (Å²) in [5, 5.41) is 2.33. The van der Waals surface area contributed by atoms with Gasteiger partial charge in [-0.05, 0) is 48.5 Å². The number of esters is 1. The predicted octanol–water partition coefficient (Wildman–Crippen LogP) is 2.49. The third-order valence-corrected chi connectivity index (χ3v) is 1.73. The minimum Gasteiger partial charge on any atom is -0.448 e. The zero-order valence-corrected chi connectivity index (χ0v) is 13.4. The molecule has 0 aliphatic carbocycles. The normalized spacial score (nSPS) is 12.8. The van der Waals surface area contributed by atoms with Crippen LogP contribution >= 0.6 is 0 Å². The van der Waals surface area contributed by atoms with Gasteiger partial charge in [-0.15, -0.1) is 0 Å². The summed E-state index contributed by atoms with van der Waals surface area (Å²) >= 11 is 0. The lowest BCUT2D eigenvalue weighted by atomic mass is 9.98. The van der Waals surface area contributed by atoms with E-state index in [1.807, 2.05) is 20.8 Å². The molecule has 0 rings (SSSR count). The Hall–Kier alpha value is -1.70. The number of ether oxygens (including phenoxy) is 2. The van der Waals surface area contributed by atoms with Crippen molar-refractivity contribution in [1.82, 2.24) is 5.32 Å². The van der Waals surface area contributed by atoms with Gasteiger partial charge >= 0.3 is 12.1 Å². The predicted molar refractivity (Wildman–Crippen MR) is 77.0 cm³/mol. The molecule has 1 unspecified atom stereocenters. The molecule has 0 radical (unpaired) electrons. The Morgan fingerprint density at radius 3 is 2.15 bits per heavy atom. The van der Waals surface area contributed by atoms with Gasteiger partial charge in [-0.1, -0.05) is 11.8 Å². The molecule has 114 valence electrons. The van der Waals surface area contributed by atoms with E-state index in [0.717, 1.165) is 0 Å².